The van der Waals surface area contributed by atoms with Crippen molar-refractivity contribution in [3.05, 3.63) is 53.1 Å². The number of nitrogens with one attached hydrogen (secondary N) is 2. The van der Waals surface area contributed by atoms with Gasteiger partial charge in [-0.05, 0) is 81.2 Å². The molecule has 2 fully saturated rings. The van der Waals surface area contributed by atoms with E-state index >= 15 is 0 Å². The molecule has 39 heavy (non-hydrogen) atoms. The number of rotatable bonds is 10. The first-order valence-corrected chi connectivity index (χ1v) is 15.3. The highest BCUT2D eigenvalue weighted by molar-refractivity contribution is 7.92. The van der Waals surface area contributed by atoms with E-state index in [4.69, 9.17) is 9.47 Å². The van der Waals surface area contributed by atoms with Crippen LogP contribution in [-0.2, 0) is 25.9 Å². The minimum Gasteiger partial charge on any atom is -0.497 e. The summed E-state index contributed by atoms with van der Waals surface area (Å²) >= 11 is 0. The predicted octanol–water partition coefficient (Wildman–Crippen LogP) is 2.64. The Morgan fingerprint density at radius 3 is 2.33 bits per heavy atom. The molecule has 2 heterocycles. The van der Waals surface area contributed by atoms with E-state index in [9.17, 15) is 13.2 Å². The maximum atomic E-state index is 13.9. The zero-order chi connectivity index (χ0) is 28.0. The van der Waals surface area contributed by atoms with Crippen LogP contribution in [-0.4, -0.2) is 84.2 Å². The van der Waals surface area contributed by atoms with Gasteiger partial charge in [-0.3, -0.25) is 4.79 Å². The van der Waals surface area contributed by atoms with Gasteiger partial charge in [-0.1, -0.05) is 18.6 Å². The largest absolute Gasteiger partial charge is 0.497 e. The van der Waals surface area contributed by atoms with Crippen LogP contribution in [0.2, 0.25) is 0 Å². The van der Waals surface area contributed by atoms with E-state index in [0.717, 1.165) is 51.1 Å². The number of hydrogen-bond acceptors (Lipinski definition) is 8. The molecular weight excluding hydrogens is 516 g/mol. The molecule has 2 N–H and O–H groups in total. The number of methoxy groups -OCH3 is 1. The maximum Gasteiger partial charge on any atom is 0.246 e. The van der Waals surface area contributed by atoms with E-state index in [1.165, 1.54) is 5.69 Å². The lowest BCUT2D eigenvalue weighted by atomic mass is 10.1. The molecule has 2 aromatic carbocycles. The van der Waals surface area contributed by atoms with Crippen molar-refractivity contribution in [1.29, 1.82) is 0 Å². The molecule has 2 atom stereocenters. The number of nitrogens with zero attached hydrogens (tertiary/aromatic N) is 2. The second-order valence-electron chi connectivity index (χ2n) is 10.6. The molecule has 0 saturated carbocycles. The van der Waals surface area contributed by atoms with Gasteiger partial charge in [0.1, 0.15) is 12.4 Å². The van der Waals surface area contributed by atoms with Crippen molar-refractivity contribution in [2.45, 2.75) is 56.0 Å². The van der Waals surface area contributed by atoms with Gasteiger partial charge in [0.25, 0.3) is 0 Å². The number of anilines is 1. The number of carbonyl (C=O) groups excluding carboxylic acids is 1. The van der Waals surface area contributed by atoms with Crippen LogP contribution >= 0.6 is 0 Å². The highest BCUT2D eigenvalue weighted by Crippen LogP contribution is 2.31. The quantitative estimate of drug-likeness (QED) is 0.459. The Balaban J connectivity index is 1.39. The van der Waals surface area contributed by atoms with Gasteiger partial charge in [0.2, 0.25) is 15.7 Å². The smallest absolute Gasteiger partial charge is 0.246 e. The summed E-state index contributed by atoms with van der Waals surface area (Å²) in [5.74, 6) is 0.255. The number of aryl methyl sites for hydroxylation is 2. The number of hydrogen-bond donors (Lipinski definition) is 2. The molecule has 1 amide bonds. The molecule has 2 aromatic rings. The molecule has 2 saturated heterocycles. The molecule has 9 nitrogen and oxygen atoms in total. The summed E-state index contributed by atoms with van der Waals surface area (Å²) in [5.41, 5.74) is 2.18. The lowest BCUT2D eigenvalue weighted by Gasteiger charge is -2.34. The Bertz CT molecular complexity index is 1200. The molecule has 0 spiro atoms. The van der Waals surface area contributed by atoms with Gasteiger partial charge in [-0.2, -0.15) is 0 Å². The molecule has 2 aliphatic heterocycles. The average Bonchev–Trinajstić information content (AvgIpc) is 2.92. The number of piperidine rings is 1. The third kappa shape index (κ3) is 7.30. The minimum absolute atomic E-state index is 0.238. The summed E-state index contributed by atoms with van der Waals surface area (Å²) in [4.78, 5) is 17.7. The number of amides is 1. The normalized spacial score (nSPS) is 19.5. The number of benzene rings is 2. The van der Waals surface area contributed by atoms with Crippen LogP contribution in [0.15, 0.2) is 41.3 Å². The van der Waals surface area contributed by atoms with Crippen molar-refractivity contribution < 1.29 is 22.7 Å². The van der Waals surface area contributed by atoms with Gasteiger partial charge < -0.3 is 29.9 Å². The zero-order valence-electron chi connectivity index (χ0n) is 23.5. The molecule has 0 radical (unpaired) electrons. The maximum absolute atomic E-state index is 13.9. The fourth-order valence-corrected chi connectivity index (χ4v) is 7.58. The summed E-state index contributed by atoms with van der Waals surface area (Å²) in [5, 5.41) is 6.18. The van der Waals surface area contributed by atoms with Gasteiger partial charge in [-0.15, -0.1) is 0 Å². The molecule has 2 aliphatic rings. The highest BCUT2D eigenvalue weighted by Gasteiger charge is 2.38. The van der Waals surface area contributed by atoms with Crippen LogP contribution in [0.4, 0.5) is 5.69 Å². The highest BCUT2D eigenvalue weighted by atomic mass is 32.2. The Hall–Kier alpha value is -2.66. The average molecular weight is 559 g/mol. The molecule has 10 heteroatoms. The third-order valence-electron chi connectivity index (χ3n) is 7.61. The minimum atomic E-state index is -3.90. The number of sulfone groups is 1. The van der Waals surface area contributed by atoms with Crippen molar-refractivity contribution in [2.24, 2.45) is 0 Å². The standard InChI is InChI=1S/C29H42N4O5S/c1-21-17-25(37-4)18-22(2)28(21)39(35,36)29(26-7-5-6-12-30-26)38-20-27(34)31-19-23-8-10-24(11-9-23)33-15-13-32(3)14-16-33/h8-11,17-18,26,29-30H,5-7,12-16,19-20H2,1-4H3,(H,31,34). The van der Waals surface area contributed by atoms with Crippen molar-refractivity contribution in [2.75, 3.05) is 58.4 Å². The van der Waals surface area contributed by atoms with E-state index in [1.54, 1.807) is 33.1 Å². The number of likely N-dealkylation sites (N-methyl/N-ethyl adjacent to an activating group) is 1. The number of carbonyl (C=O) groups is 1. The van der Waals surface area contributed by atoms with Gasteiger partial charge >= 0.3 is 0 Å². The summed E-state index contributed by atoms with van der Waals surface area (Å²) in [7, 11) is -0.204. The molecule has 4 rings (SSSR count). The topological polar surface area (TPSA) is 100 Å². The Labute approximate surface area is 232 Å². The predicted molar refractivity (Wildman–Crippen MR) is 153 cm³/mol. The SMILES string of the molecule is COc1cc(C)c(S(=O)(=O)C(OCC(=O)NCc2ccc(N3CCN(C)CC3)cc2)C2CCCCN2)c(C)c1. The van der Waals surface area contributed by atoms with E-state index in [2.05, 4.69) is 39.6 Å². The van der Waals surface area contributed by atoms with Crippen molar-refractivity contribution in [1.82, 2.24) is 15.5 Å². The van der Waals surface area contributed by atoms with E-state index in [0.29, 0.717) is 29.8 Å². The summed E-state index contributed by atoms with van der Waals surface area (Å²) in [6.45, 7) is 8.34. The van der Waals surface area contributed by atoms with E-state index in [1.807, 2.05) is 12.1 Å². The first-order chi connectivity index (χ1) is 18.7. The molecule has 2 unspecified atom stereocenters. The lowest BCUT2D eigenvalue weighted by Crippen LogP contribution is -2.49. The molecule has 0 aliphatic carbocycles. The third-order valence-corrected chi connectivity index (χ3v) is 9.90. The Kier molecular flexibility index (Phi) is 9.87. The second-order valence-corrected chi connectivity index (χ2v) is 12.6. The van der Waals surface area contributed by atoms with Gasteiger partial charge in [0.15, 0.2) is 5.44 Å². The molecular formula is C29H42N4O5S. The van der Waals surface area contributed by atoms with Crippen molar-refractivity contribution >= 4 is 21.4 Å². The van der Waals surface area contributed by atoms with Crippen LogP contribution in [0, 0.1) is 13.8 Å². The fourth-order valence-electron chi connectivity index (χ4n) is 5.43. The van der Waals surface area contributed by atoms with Crippen LogP contribution in [0.5, 0.6) is 5.75 Å². The molecule has 0 bridgehead atoms. The Morgan fingerprint density at radius 2 is 1.74 bits per heavy atom. The van der Waals surface area contributed by atoms with Crippen LogP contribution in [0.3, 0.4) is 0 Å². The summed E-state index contributed by atoms with van der Waals surface area (Å²) in [6, 6.07) is 11.2. The monoisotopic (exact) mass is 558 g/mol. The zero-order valence-corrected chi connectivity index (χ0v) is 24.4. The number of ether oxygens (including phenoxy) is 2. The summed E-state index contributed by atoms with van der Waals surface area (Å²) in [6.07, 6.45) is 2.56. The number of piperazine rings is 1. The van der Waals surface area contributed by atoms with E-state index < -0.39 is 15.3 Å². The van der Waals surface area contributed by atoms with E-state index in [-0.39, 0.29) is 23.5 Å². The molecule has 214 valence electrons. The van der Waals surface area contributed by atoms with Crippen LogP contribution in [0.25, 0.3) is 0 Å². The second kappa shape index (κ2) is 13.1. The van der Waals surface area contributed by atoms with Crippen LogP contribution < -0.4 is 20.3 Å². The van der Waals surface area contributed by atoms with Crippen LogP contribution in [0.1, 0.15) is 36.0 Å². The van der Waals surface area contributed by atoms with Crippen molar-refractivity contribution in [3.63, 3.8) is 0 Å². The van der Waals surface area contributed by atoms with Gasteiger partial charge in [0.05, 0.1) is 12.0 Å². The van der Waals surface area contributed by atoms with Gasteiger partial charge in [-0.25, -0.2) is 8.42 Å². The Morgan fingerprint density at radius 1 is 1.08 bits per heavy atom. The molecule has 0 aromatic heterocycles. The summed E-state index contributed by atoms with van der Waals surface area (Å²) < 4.78 is 39.0. The van der Waals surface area contributed by atoms with Gasteiger partial charge in [0, 0.05) is 44.5 Å². The van der Waals surface area contributed by atoms with Crippen molar-refractivity contribution in [3.8, 4) is 5.75 Å². The first kappa shape index (κ1) is 29.3. The first-order valence-electron chi connectivity index (χ1n) is 13.7. The fraction of sp³-hybridized carbons (Fsp3) is 0.552. The lowest BCUT2D eigenvalue weighted by molar-refractivity contribution is -0.126.